The number of hydrogen-bond acceptors (Lipinski definition) is 2. The molecule has 0 fully saturated rings. The molecule has 3 nitrogen and oxygen atoms in total. The van der Waals surface area contributed by atoms with Gasteiger partial charge in [0.2, 0.25) is 0 Å². The topological polar surface area (TPSA) is 30.7 Å². The van der Waals surface area contributed by atoms with E-state index >= 15 is 0 Å². The average molecular weight is 714 g/mol. The van der Waals surface area contributed by atoms with E-state index in [0.717, 1.165) is 50.1 Å². The maximum atomic E-state index is 5.16. The van der Waals surface area contributed by atoms with Gasteiger partial charge in [0.15, 0.2) is 0 Å². The zero-order valence-corrected chi connectivity index (χ0v) is 30.5. The van der Waals surface area contributed by atoms with Crippen molar-refractivity contribution in [1.29, 1.82) is 0 Å². The van der Waals surface area contributed by atoms with Gasteiger partial charge in [-0.15, -0.1) is 0 Å². The van der Waals surface area contributed by atoms with Crippen molar-refractivity contribution in [1.82, 2.24) is 14.5 Å². The number of hydrogen-bond donors (Lipinski definition) is 0. The molecule has 0 bridgehead atoms. The van der Waals surface area contributed by atoms with E-state index in [1.54, 1.807) is 0 Å². The third-order valence-electron chi connectivity index (χ3n) is 11.5. The van der Waals surface area contributed by atoms with Crippen LogP contribution in [0.15, 0.2) is 212 Å². The van der Waals surface area contributed by atoms with E-state index in [4.69, 9.17) is 4.98 Å². The van der Waals surface area contributed by atoms with Crippen molar-refractivity contribution in [3.63, 3.8) is 0 Å². The Morgan fingerprint density at radius 3 is 1.79 bits per heavy atom. The minimum absolute atomic E-state index is 0.499. The number of para-hydroxylation sites is 3. The van der Waals surface area contributed by atoms with Gasteiger partial charge in [0.1, 0.15) is 5.82 Å². The first-order chi connectivity index (χ1) is 27.8. The number of fused-ring (bicyclic) bond motifs is 5. The summed E-state index contributed by atoms with van der Waals surface area (Å²) >= 11 is 0. The van der Waals surface area contributed by atoms with Crippen molar-refractivity contribution in [2.45, 2.75) is 5.41 Å². The fourth-order valence-electron chi connectivity index (χ4n) is 9.07. The Kier molecular flexibility index (Phi) is 7.39. The molecule has 0 unspecified atom stereocenters. The van der Waals surface area contributed by atoms with Crippen molar-refractivity contribution in [3.8, 4) is 50.5 Å². The van der Waals surface area contributed by atoms with E-state index in [9.17, 15) is 0 Å². The van der Waals surface area contributed by atoms with Gasteiger partial charge in [-0.2, -0.15) is 0 Å². The molecule has 0 saturated heterocycles. The van der Waals surface area contributed by atoms with Crippen LogP contribution in [0.2, 0.25) is 0 Å². The highest BCUT2D eigenvalue weighted by Gasteiger charge is 2.46. The first-order valence-electron chi connectivity index (χ1n) is 19.2. The molecule has 0 amide bonds. The fraction of sp³-hybridized carbons (Fsp3) is 0.0189. The Morgan fingerprint density at radius 2 is 1.02 bits per heavy atom. The quantitative estimate of drug-likeness (QED) is 0.172. The Bertz CT molecular complexity index is 3020. The highest BCUT2D eigenvalue weighted by molar-refractivity contribution is 5.97. The largest absolute Gasteiger partial charge is 0.292 e. The van der Waals surface area contributed by atoms with E-state index in [1.165, 1.54) is 44.5 Å². The van der Waals surface area contributed by atoms with Crippen molar-refractivity contribution < 1.29 is 0 Å². The molecule has 10 aromatic rings. The summed E-state index contributed by atoms with van der Waals surface area (Å²) in [7, 11) is 0. The summed E-state index contributed by atoms with van der Waals surface area (Å²) in [6, 6.07) is 74.6. The molecule has 262 valence electrons. The SMILES string of the molecule is c1ccc(-n2c(-c3ccc(-c4cc5c(cc4-c4ccc6ncccc6c4)C(c4ccccc4)(c4ccccc4)c4ccccc4-5)cc3)nc3ccccc32)cc1. The van der Waals surface area contributed by atoms with Gasteiger partial charge in [-0.1, -0.05) is 152 Å². The fourth-order valence-corrected chi connectivity index (χ4v) is 9.07. The number of pyridine rings is 1. The number of nitrogens with zero attached hydrogens (tertiary/aromatic N) is 3. The van der Waals surface area contributed by atoms with Crippen LogP contribution >= 0.6 is 0 Å². The summed E-state index contributed by atoms with van der Waals surface area (Å²) in [5.74, 6) is 0.921. The minimum Gasteiger partial charge on any atom is -0.292 e. The molecule has 0 atom stereocenters. The molecule has 1 aliphatic rings. The van der Waals surface area contributed by atoms with Gasteiger partial charge in [-0.05, 0) is 110 Å². The minimum atomic E-state index is -0.499. The van der Waals surface area contributed by atoms with Crippen LogP contribution in [0.5, 0.6) is 0 Å². The van der Waals surface area contributed by atoms with Gasteiger partial charge in [0, 0.05) is 22.8 Å². The summed E-state index contributed by atoms with van der Waals surface area (Å²) in [6.45, 7) is 0. The maximum Gasteiger partial charge on any atom is 0.145 e. The molecule has 2 heterocycles. The Labute approximate surface area is 325 Å². The molecule has 56 heavy (non-hydrogen) atoms. The molecule has 8 aromatic carbocycles. The zero-order valence-electron chi connectivity index (χ0n) is 30.5. The van der Waals surface area contributed by atoms with E-state index in [2.05, 4.69) is 210 Å². The van der Waals surface area contributed by atoms with Gasteiger partial charge in [0.05, 0.1) is 22.0 Å². The highest BCUT2D eigenvalue weighted by Crippen LogP contribution is 2.58. The lowest BCUT2D eigenvalue weighted by Gasteiger charge is -2.34. The second-order valence-electron chi connectivity index (χ2n) is 14.6. The molecule has 0 radical (unpaired) electrons. The molecule has 0 aliphatic heterocycles. The summed E-state index contributed by atoms with van der Waals surface area (Å²) in [5, 5.41) is 1.12. The number of benzene rings is 8. The molecule has 0 saturated carbocycles. The van der Waals surface area contributed by atoms with Crippen LogP contribution in [0, 0.1) is 0 Å². The Hall–Kier alpha value is -7.36. The lowest BCUT2D eigenvalue weighted by molar-refractivity contribution is 0.769. The Morgan fingerprint density at radius 1 is 0.393 bits per heavy atom. The van der Waals surface area contributed by atoms with Crippen LogP contribution in [-0.2, 0) is 5.41 Å². The van der Waals surface area contributed by atoms with Crippen LogP contribution in [0.25, 0.3) is 72.4 Å². The van der Waals surface area contributed by atoms with Gasteiger partial charge in [-0.3, -0.25) is 9.55 Å². The van der Waals surface area contributed by atoms with Crippen molar-refractivity contribution in [2.24, 2.45) is 0 Å². The van der Waals surface area contributed by atoms with Crippen LogP contribution < -0.4 is 0 Å². The average Bonchev–Trinajstić information content (AvgIpc) is 3.81. The standard InChI is InChI=1S/C53H35N3/c1-4-16-40(17-5-1)53(41-18-6-2-7-19-41)47-23-11-10-22-43(47)46-34-44(45(35-48(46)53)38-30-31-49-39(33-38)15-14-32-54-49)36-26-28-37(29-27-36)52-55-50-24-12-13-25-51(50)56(52)42-20-8-3-9-21-42/h1-35H. The van der Waals surface area contributed by atoms with E-state index < -0.39 is 5.41 Å². The molecule has 0 spiro atoms. The van der Waals surface area contributed by atoms with Gasteiger partial charge in [-0.25, -0.2) is 4.98 Å². The van der Waals surface area contributed by atoms with Crippen molar-refractivity contribution >= 4 is 21.9 Å². The first-order valence-corrected chi connectivity index (χ1v) is 19.2. The van der Waals surface area contributed by atoms with E-state index in [0.29, 0.717) is 0 Å². The molecular weight excluding hydrogens is 679 g/mol. The summed E-state index contributed by atoms with van der Waals surface area (Å²) in [6.07, 6.45) is 1.86. The summed E-state index contributed by atoms with van der Waals surface area (Å²) in [4.78, 5) is 9.82. The second-order valence-corrected chi connectivity index (χ2v) is 14.6. The molecular formula is C53H35N3. The highest BCUT2D eigenvalue weighted by atomic mass is 15.1. The van der Waals surface area contributed by atoms with Crippen LogP contribution in [0.3, 0.4) is 0 Å². The van der Waals surface area contributed by atoms with Gasteiger partial charge < -0.3 is 0 Å². The van der Waals surface area contributed by atoms with E-state index in [-0.39, 0.29) is 0 Å². The molecule has 11 rings (SSSR count). The summed E-state index contributed by atoms with van der Waals surface area (Å²) in [5.41, 5.74) is 17.0. The Balaban J connectivity index is 1.16. The second kappa shape index (κ2) is 12.9. The normalized spacial score (nSPS) is 12.8. The zero-order chi connectivity index (χ0) is 37.1. The maximum absolute atomic E-state index is 5.16. The van der Waals surface area contributed by atoms with E-state index in [1.807, 2.05) is 12.3 Å². The lowest BCUT2D eigenvalue weighted by atomic mass is 9.67. The number of imidazole rings is 1. The van der Waals surface area contributed by atoms with Crippen LogP contribution in [0.1, 0.15) is 22.3 Å². The monoisotopic (exact) mass is 713 g/mol. The summed E-state index contributed by atoms with van der Waals surface area (Å²) < 4.78 is 2.26. The number of aromatic nitrogens is 3. The van der Waals surface area contributed by atoms with Crippen LogP contribution in [0.4, 0.5) is 0 Å². The van der Waals surface area contributed by atoms with Crippen molar-refractivity contribution in [2.75, 3.05) is 0 Å². The molecule has 2 aromatic heterocycles. The molecule has 0 N–H and O–H groups in total. The lowest BCUT2D eigenvalue weighted by Crippen LogP contribution is -2.28. The van der Waals surface area contributed by atoms with Crippen molar-refractivity contribution in [3.05, 3.63) is 235 Å². The predicted molar refractivity (Wildman–Crippen MR) is 230 cm³/mol. The third-order valence-corrected chi connectivity index (χ3v) is 11.5. The number of rotatable bonds is 6. The molecule has 1 aliphatic carbocycles. The predicted octanol–water partition coefficient (Wildman–Crippen LogP) is 12.9. The van der Waals surface area contributed by atoms with Gasteiger partial charge in [0.25, 0.3) is 0 Å². The third kappa shape index (κ3) is 4.91. The van der Waals surface area contributed by atoms with Gasteiger partial charge >= 0.3 is 0 Å². The van der Waals surface area contributed by atoms with Crippen LogP contribution in [-0.4, -0.2) is 14.5 Å². The smallest absolute Gasteiger partial charge is 0.145 e. The first kappa shape index (κ1) is 32.1. The molecule has 3 heteroatoms.